The Kier molecular flexibility index (Phi) is 4.68. The van der Waals surface area contributed by atoms with E-state index < -0.39 is 5.97 Å². The van der Waals surface area contributed by atoms with Gasteiger partial charge in [0.2, 0.25) is 5.89 Å². The molecule has 28 heavy (non-hydrogen) atoms. The molecule has 0 saturated heterocycles. The molecule has 2 heterocycles. The monoisotopic (exact) mass is 375 g/mol. The number of carbonyl (C=O) groups excluding carboxylic acids is 1. The zero-order chi connectivity index (χ0) is 19.5. The number of nitrogens with zero attached hydrogens (tertiary/aromatic N) is 1. The number of rotatable bonds is 6. The third-order valence-corrected chi connectivity index (χ3v) is 4.19. The predicted octanol–water partition coefficient (Wildman–Crippen LogP) is 5.07. The first-order chi connectivity index (χ1) is 13.6. The van der Waals surface area contributed by atoms with E-state index in [0.717, 1.165) is 17.0 Å². The van der Waals surface area contributed by atoms with Crippen LogP contribution in [-0.2, 0) is 11.4 Å². The van der Waals surface area contributed by atoms with Crippen LogP contribution in [0.1, 0.15) is 11.5 Å². The molecule has 4 aromatic rings. The SMILES string of the molecule is C=CC(=O)Oc1occ2ccc(OCc3nc(-c4ccccc4)oc3C)cc12. The molecule has 0 fully saturated rings. The molecule has 4 rings (SSSR count). The van der Waals surface area contributed by atoms with Crippen molar-refractivity contribution in [3.8, 4) is 23.1 Å². The first kappa shape index (κ1) is 17.6. The first-order valence-corrected chi connectivity index (χ1v) is 8.64. The van der Waals surface area contributed by atoms with E-state index in [1.807, 2.05) is 49.4 Å². The summed E-state index contributed by atoms with van der Waals surface area (Å²) >= 11 is 0. The Bertz CT molecular complexity index is 1140. The fraction of sp³-hybridized carbons (Fsp3) is 0.0909. The van der Waals surface area contributed by atoms with Crippen LogP contribution in [0.3, 0.4) is 0 Å². The third-order valence-electron chi connectivity index (χ3n) is 4.19. The minimum Gasteiger partial charge on any atom is -0.487 e. The molecule has 0 aliphatic heterocycles. The molecule has 6 heteroatoms. The number of aryl methyl sites for hydroxylation is 1. The standard InChI is InChI=1S/C22H17NO5/c1-3-20(24)28-22-18-11-17(10-9-16(18)12-26-22)25-13-19-14(2)27-21(23-19)15-7-5-4-6-8-15/h3-12H,1,13H2,2H3. The maximum atomic E-state index is 11.4. The van der Waals surface area contributed by atoms with E-state index in [1.54, 1.807) is 6.07 Å². The number of esters is 1. The van der Waals surface area contributed by atoms with Gasteiger partial charge in [0.15, 0.2) is 0 Å². The van der Waals surface area contributed by atoms with E-state index >= 15 is 0 Å². The molecule has 0 saturated carbocycles. The highest BCUT2D eigenvalue weighted by atomic mass is 16.6. The second-order valence-electron chi connectivity index (χ2n) is 6.07. The normalized spacial score (nSPS) is 10.8. The molecular formula is C22H17NO5. The van der Waals surface area contributed by atoms with Crippen molar-refractivity contribution in [3.05, 3.63) is 78.9 Å². The molecule has 2 aromatic heterocycles. The van der Waals surface area contributed by atoms with E-state index in [9.17, 15) is 4.79 Å². The zero-order valence-corrected chi connectivity index (χ0v) is 15.2. The maximum Gasteiger partial charge on any atom is 0.337 e. The van der Waals surface area contributed by atoms with Gasteiger partial charge in [-0.2, -0.15) is 0 Å². The van der Waals surface area contributed by atoms with Crippen molar-refractivity contribution in [2.24, 2.45) is 0 Å². The summed E-state index contributed by atoms with van der Waals surface area (Å²) in [6.45, 7) is 5.47. The summed E-state index contributed by atoms with van der Waals surface area (Å²) in [6.07, 6.45) is 2.59. The summed E-state index contributed by atoms with van der Waals surface area (Å²) in [5.74, 6) is 1.36. The lowest BCUT2D eigenvalue weighted by Gasteiger charge is -2.05. The lowest BCUT2D eigenvalue weighted by atomic mass is 10.2. The number of carbonyl (C=O) groups is 1. The summed E-state index contributed by atoms with van der Waals surface area (Å²) in [5.41, 5.74) is 1.62. The molecule has 0 amide bonds. The second kappa shape index (κ2) is 7.44. The lowest BCUT2D eigenvalue weighted by molar-refractivity contribution is -0.129. The number of hydrogen-bond donors (Lipinski definition) is 0. The largest absolute Gasteiger partial charge is 0.487 e. The number of fused-ring (bicyclic) bond motifs is 1. The van der Waals surface area contributed by atoms with Crippen molar-refractivity contribution in [2.45, 2.75) is 13.5 Å². The van der Waals surface area contributed by atoms with Gasteiger partial charge in [-0.3, -0.25) is 0 Å². The highest BCUT2D eigenvalue weighted by Crippen LogP contribution is 2.32. The van der Waals surface area contributed by atoms with Crippen molar-refractivity contribution in [1.29, 1.82) is 0 Å². The van der Waals surface area contributed by atoms with E-state index in [-0.39, 0.29) is 12.6 Å². The third kappa shape index (κ3) is 3.53. The van der Waals surface area contributed by atoms with Gasteiger partial charge in [-0.05, 0) is 37.3 Å². The highest BCUT2D eigenvalue weighted by Gasteiger charge is 2.14. The summed E-state index contributed by atoms with van der Waals surface area (Å²) in [5, 5.41) is 1.43. The average molecular weight is 375 g/mol. The van der Waals surface area contributed by atoms with Gasteiger partial charge in [0.05, 0.1) is 5.39 Å². The van der Waals surface area contributed by atoms with E-state index in [0.29, 0.717) is 28.5 Å². The van der Waals surface area contributed by atoms with Gasteiger partial charge in [0.1, 0.15) is 30.1 Å². The summed E-state index contributed by atoms with van der Waals surface area (Å²) in [4.78, 5) is 15.9. The Balaban J connectivity index is 1.53. The van der Waals surface area contributed by atoms with Crippen LogP contribution in [-0.4, -0.2) is 11.0 Å². The molecule has 0 unspecified atom stereocenters. The Morgan fingerprint density at radius 1 is 1.21 bits per heavy atom. The minimum atomic E-state index is -0.589. The maximum absolute atomic E-state index is 11.4. The van der Waals surface area contributed by atoms with E-state index in [2.05, 4.69) is 11.6 Å². The van der Waals surface area contributed by atoms with Crippen LogP contribution in [0.5, 0.6) is 11.7 Å². The number of hydrogen-bond acceptors (Lipinski definition) is 6. The number of furan rings is 1. The Hall–Kier alpha value is -3.80. The molecule has 0 radical (unpaired) electrons. The van der Waals surface area contributed by atoms with Crippen LogP contribution < -0.4 is 9.47 Å². The van der Waals surface area contributed by atoms with Gasteiger partial charge in [0, 0.05) is 17.0 Å². The quantitative estimate of drug-likeness (QED) is 0.346. The molecule has 0 atom stereocenters. The molecule has 0 bridgehead atoms. The number of oxazole rings is 1. The molecule has 6 nitrogen and oxygen atoms in total. The topological polar surface area (TPSA) is 74.7 Å². The smallest absolute Gasteiger partial charge is 0.337 e. The molecule has 0 aliphatic rings. The Morgan fingerprint density at radius 3 is 2.82 bits per heavy atom. The van der Waals surface area contributed by atoms with Crippen LogP contribution in [0, 0.1) is 6.92 Å². The molecule has 0 spiro atoms. The van der Waals surface area contributed by atoms with E-state index in [1.165, 1.54) is 6.26 Å². The first-order valence-electron chi connectivity index (χ1n) is 8.64. The summed E-state index contributed by atoms with van der Waals surface area (Å²) < 4.78 is 22.0. The minimum absolute atomic E-state index is 0.106. The number of benzene rings is 2. The van der Waals surface area contributed by atoms with Gasteiger partial charge in [0.25, 0.3) is 0 Å². The Morgan fingerprint density at radius 2 is 2.04 bits per heavy atom. The van der Waals surface area contributed by atoms with Crippen LogP contribution in [0.4, 0.5) is 0 Å². The predicted molar refractivity (Wildman–Crippen MR) is 103 cm³/mol. The van der Waals surface area contributed by atoms with Crippen molar-refractivity contribution >= 4 is 16.7 Å². The van der Waals surface area contributed by atoms with Crippen LogP contribution >= 0.6 is 0 Å². The summed E-state index contributed by atoms with van der Waals surface area (Å²) in [6, 6.07) is 15.1. The van der Waals surface area contributed by atoms with Crippen molar-refractivity contribution in [3.63, 3.8) is 0 Å². The van der Waals surface area contributed by atoms with Crippen molar-refractivity contribution in [1.82, 2.24) is 4.98 Å². The molecule has 0 aliphatic carbocycles. The van der Waals surface area contributed by atoms with Gasteiger partial charge in [-0.1, -0.05) is 24.8 Å². The van der Waals surface area contributed by atoms with Crippen LogP contribution in [0.25, 0.3) is 22.2 Å². The number of aromatic nitrogens is 1. The Labute approximate surface area is 161 Å². The molecular weight excluding hydrogens is 358 g/mol. The average Bonchev–Trinajstić information content (AvgIpc) is 3.30. The van der Waals surface area contributed by atoms with E-state index in [4.69, 9.17) is 18.3 Å². The van der Waals surface area contributed by atoms with Crippen molar-refractivity contribution in [2.75, 3.05) is 0 Å². The van der Waals surface area contributed by atoms with Crippen LogP contribution in [0.2, 0.25) is 0 Å². The van der Waals surface area contributed by atoms with Crippen LogP contribution in [0.15, 0.2) is 76.3 Å². The molecule has 140 valence electrons. The summed E-state index contributed by atoms with van der Waals surface area (Å²) in [7, 11) is 0. The van der Waals surface area contributed by atoms with Gasteiger partial charge in [-0.25, -0.2) is 9.78 Å². The van der Waals surface area contributed by atoms with Crippen molar-refractivity contribution < 1.29 is 23.1 Å². The highest BCUT2D eigenvalue weighted by molar-refractivity contribution is 5.91. The molecule has 0 N–H and O–H groups in total. The van der Waals surface area contributed by atoms with Gasteiger partial charge < -0.3 is 18.3 Å². The fourth-order valence-corrected chi connectivity index (χ4v) is 2.72. The second-order valence-corrected chi connectivity index (χ2v) is 6.07. The van der Waals surface area contributed by atoms with Gasteiger partial charge >= 0.3 is 11.9 Å². The van der Waals surface area contributed by atoms with Gasteiger partial charge in [-0.15, -0.1) is 0 Å². The zero-order valence-electron chi connectivity index (χ0n) is 15.2. The molecule has 2 aromatic carbocycles. The lowest BCUT2D eigenvalue weighted by Crippen LogP contribution is -2.02. The number of ether oxygens (including phenoxy) is 2. The fourth-order valence-electron chi connectivity index (χ4n) is 2.72.